The molecule has 0 aliphatic carbocycles. The predicted octanol–water partition coefficient (Wildman–Crippen LogP) is 2.74. The molecule has 0 amide bonds. The number of nitrogens with two attached hydrogens (primary N) is 1. The second-order valence-corrected chi connectivity index (χ2v) is 4.65. The van der Waals surface area contributed by atoms with Gasteiger partial charge in [0.2, 0.25) is 0 Å². The van der Waals surface area contributed by atoms with Gasteiger partial charge in [-0.05, 0) is 44.2 Å². The van der Waals surface area contributed by atoms with Crippen LogP contribution >= 0.6 is 0 Å². The number of anilines is 2. The molecule has 2 rings (SSSR count). The lowest BCUT2D eigenvalue weighted by Crippen LogP contribution is -2.39. The Bertz CT molecular complexity index is 362. The topological polar surface area (TPSA) is 42.1 Å². The van der Waals surface area contributed by atoms with Crippen LogP contribution in [0.3, 0.4) is 0 Å². The summed E-state index contributed by atoms with van der Waals surface area (Å²) in [6.07, 6.45) is 6.91. The molecule has 0 aromatic carbocycles. The zero-order valence-electron chi connectivity index (χ0n) is 10.2. The van der Waals surface area contributed by atoms with Gasteiger partial charge in [-0.15, -0.1) is 0 Å². The summed E-state index contributed by atoms with van der Waals surface area (Å²) in [5, 5.41) is 0. The average molecular weight is 219 g/mol. The molecular weight excluding hydrogens is 198 g/mol. The largest absolute Gasteiger partial charge is 0.397 e. The van der Waals surface area contributed by atoms with Crippen LogP contribution in [0.5, 0.6) is 0 Å². The third-order valence-corrected chi connectivity index (χ3v) is 3.53. The Labute approximate surface area is 97.7 Å². The van der Waals surface area contributed by atoms with Gasteiger partial charge in [0.05, 0.1) is 11.9 Å². The minimum atomic E-state index is 0.657. The Morgan fingerprint density at radius 2 is 2.31 bits per heavy atom. The van der Waals surface area contributed by atoms with Crippen LogP contribution in [0.4, 0.5) is 11.5 Å². The van der Waals surface area contributed by atoms with Gasteiger partial charge < -0.3 is 10.6 Å². The van der Waals surface area contributed by atoms with E-state index >= 15 is 0 Å². The van der Waals surface area contributed by atoms with Crippen LogP contribution in [-0.2, 0) is 0 Å². The number of rotatable bonds is 2. The summed E-state index contributed by atoms with van der Waals surface area (Å²) in [5.74, 6) is 1.10. The molecule has 16 heavy (non-hydrogen) atoms. The molecule has 0 spiro atoms. The van der Waals surface area contributed by atoms with Gasteiger partial charge in [0.15, 0.2) is 0 Å². The van der Waals surface area contributed by atoms with Crippen LogP contribution in [0, 0.1) is 6.92 Å². The van der Waals surface area contributed by atoms with Crippen LogP contribution in [0.25, 0.3) is 0 Å². The summed E-state index contributed by atoms with van der Waals surface area (Å²) in [6.45, 7) is 5.44. The number of hydrogen-bond donors (Lipinski definition) is 1. The van der Waals surface area contributed by atoms with Crippen molar-refractivity contribution in [1.29, 1.82) is 0 Å². The maximum Gasteiger partial charge on any atom is 0.129 e. The summed E-state index contributed by atoms with van der Waals surface area (Å²) in [7, 11) is 0. The van der Waals surface area contributed by atoms with Gasteiger partial charge in [0.25, 0.3) is 0 Å². The zero-order chi connectivity index (χ0) is 11.5. The molecule has 1 atom stereocenters. The lowest BCUT2D eigenvalue weighted by Gasteiger charge is -2.36. The molecule has 1 aromatic rings. The molecule has 1 saturated heterocycles. The Kier molecular flexibility index (Phi) is 3.32. The van der Waals surface area contributed by atoms with Crippen molar-refractivity contribution in [3.05, 3.63) is 17.8 Å². The maximum absolute atomic E-state index is 5.80. The molecule has 2 heterocycles. The highest BCUT2D eigenvalue weighted by molar-refractivity contribution is 5.52. The van der Waals surface area contributed by atoms with Gasteiger partial charge in [0, 0.05) is 12.6 Å². The molecule has 1 aromatic heterocycles. The summed E-state index contributed by atoms with van der Waals surface area (Å²) in [5.41, 5.74) is 7.72. The quantitative estimate of drug-likeness (QED) is 0.831. The minimum Gasteiger partial charge on any atom is -0.397 e. The molecule has 3 heteroatoms. The first-order valence-electron chi connectivity index (χ1n) is 6.21. The molecule has 1 fully saturated rings. The molecule has 2 N–H and O–H groups in total. The fraction of sp³-hybridized carbons (Fsp3) is 0.615. The van der Waals surface area contributed by atoms with E-state index in [1.54, 1.807) is 6.20 Å². The van der Waals surface area contributed by atoms with E-state index in [4.69, 9.17) is 5.73 Å². The maximum atomic E-state index is 5.80. The van der Waals surface area contributed by atoms with Crippen molar-refractivity contribution in [1.82, 2.24) is 4.98 Å². The third-order valence-electron chi connectivity index (χ3n) is 3.53. The van der Waals surface area contributed by atoms with Crippen LogP contribution < -0.4 is 10.6 Å². The van der Waals surface area contributed by atoms with Crippen molar-refractivity contribution in [2.75, 3.05) is 17.2 Å². The first kappa shape index (κ1) is 11.2. The number of piperidine rings is 1. The van der Waals surface area contributed by atoms with Crippen molar-refractivity contribution < 1.29 is 0 Å². The molecule has 0 bridgehead atoms. The lowest BCUT2D eigenvalue weighted by molar-refractivity contribution is 0.447. The normalized spacial score (nSPS) is 21.1. The van der Waals surface area contributed by atoms with E-state index in [-0.39, 0.29) is 0 Å². The summed E-state index contributed by atoms with van der Waals surface area (Å²) in [4.78, 5) is 6.90. The van der Waals surface area contributed by atoms with E-state index in [0.29, 0.717) is 6.04 Å². The number of hydrogen-bond acceptors (Lipinski definition) is 3. The van der Waals surface area contributed by atoms with Crippen molar-refractivity contribution >= 4 is 11.5 Å². The SMILES string of the molecule is CCC1CCCCN1c1cc(C)c(N)cn1. The second kappa shape index (κ2) is 4.73. The van der Waals surface area contributed by atoms with Crippen molar-refractivity contribution in [3.63, 3.8) is 0 Å². The van der Waals surface area contributed by atoms with Crippen LogP contribution in [-0.4, -0.2) is 17.6 Å². The zero-order valence-corrected chi connectivity index (χ0v) is 10.2. The molecule has 3 nitrogen and oxygen atoms in total. The molecule has 0 radical (unpaired) electrons. The van der Waals surface area contributed by atoms with Crippen molar-refractivity contribution in [3.8, 4) is 0 Å². The fourth-order valence-electron chi connectivity index (χ4n) is 2.44. The number of aryl methyl sites for hydroxylation is 1. The van der Waals surface area contributed by atoms with Crippen LogP contribution in [0.2, 0.25) is 0 Å². The average Bonchev–Trinajstić information content (AvgIpc) is 2.32. The Balaban J connectivity index is 2.23. The van der Waals surface area contributed by atoms with Crippen LogP contribution in [0.15, 0.2) is 12.3 Å². The molecule has 1 unspecified atom stereocenters. The van der Waals surface area contributed by atoms with Gasteiger partial charge in [-0.3, -0.25) is 0 Å². The van der Waals surface area contributed by atoms with Gasteiger partial charge in [-0.1, -0.05) is 6.92 Å². The van der Waals surface area contributed by atoms with E-state index < -0.39 is 0 Å². The minimum absolute atomic E-state index is 0.657. The first-order valence-corrected chi connectivity index (χ1v) is 6.21. The predicted molar refractivity (Wildman–Crippen MR) is 68.7 cm³/mol. The highest BCUT2D eigenvalue weighted by Crippen LogP contribution is 2.26. The molecular formula is C13H21N3. The lowest BCUT2D eigenvalue weighted by atomic mass is 10.00. The fourth-order valence-corrected chi connectivity index (χ4v) is 2.44. The first-order chi connectivity index (χ1) is 7.72. The molecule has 88 valence electrons. The molecule has 1 aliphatic rings. The van der Waals surface area contributed by atoms with E-state index in [1.165, 1.54) is 25.7 Å². The van der Waals surface area contributed by atoms with Gasteiger partial charge >= 0.3 is 0 Å². The number of aromatic nitrogens is 1. The standard InChI is InChI=1S/C13H21N3/c1-3-11-6-4-5-7-16(11)13-8-10(2)12(14)9-15-13/h8-9,11H,3-7,14H2,1-2H3. The molecule has 1 aliphatic heterocycles. The number of nitrogens with zero attached hydrogens (tertiary/aromatic N) is 2. The van der Waals surface area contributed by atoms with E-state index in [1.807, 2.05) is 6.92 Å². The monoisotopic (exact) mass is 219 g/mol. The Hall–Kier alpha value is -1.25. The number of nitrogen functional groups attached to an aromatic ring is 1. The van der Waals surface area contributed by atoms with Gasteiger partial charge in [0.1, 0.15) is 5.82 Å². The third kappa shape index (κ3) is 2.13. The molecule has 0 saturated carbocycles. The van der Waals surface area contributed by atoms with Crippen LogP contribution in [0.1, 0.15) is 38.2 Å². The Morgan fingerprint density at radius 1 is 1.50 bits per heavy atom. The smallest absolute Gasteiger partial charge is 0.129 e. The van der Waals surface area contributed by atoms with Gasteiger partial charge in [-0.25, -0.2) is 4.98 Å². The highest BCUT2D eigenvalue weighted by atomic mass is 15.2. The highest BCUT2D eigenvalue weighted by Gasteiger charge is 2.21. The summed E-state index contributed by atoms with van der Waals surface area (Å²) in [6, 6.07) is 2.77. The summed E-state index contributed by atoms with van der Waals surface area (Å²) < 4.78 is 0. The Morgan fingerprint density at radius 3 is 3.00 bits per heavy atom. The van der Waals surface area contributed by atoms with Crippen molar-refractivity contribution in [2.24, 2.45) is 0 Å². The summed E-state index contributed by atoms with van der Waals surface area (Å²) >= 11 is 0. The number of pyridine rings is 1. The van der Waals surface area contributed by atoms with E-state index in [2.05, 4.69) is 22.9 Å². The van der Waals surface area contributed by atoms with Gasteiger partial charge in [-0.2, -0.15) is 0 Å². The van der Waals surface area contributed by atoms with E-state index in [9.17, 15) is 0 Å². The van der Waals surface area contributed by atoms with Crippen molar-refractivity contribution in [2.45, 2.75) is 45.6 Å². The second-order valence-electron chi connectivity index (χ2n) is 4.65. The van der Waals surface area contributed by atoms with E-state index in [0.717, 1.165) is 23.6 Å².